The molecular formula is C35H37Cl2N3O4S. The summed E-state index contributed by atoms with van der Waals surface area (Å²) in [4.78, 5) is 29.7. The number of carbonyl (C=O) groups is 2. The Labute approximate surface area is 275 Å². The van der Waals surface area contributed by atoms with E-state index in [1.165, 1.54) is 29.2 Å². The number of nitrogens with one attached hydrogen (secondary N) is 1. The van der Waals surface area contributed by atoms with Crippen molar-refractivity contribution in [3.8, 4) is 0 Å². The molecule has 1 atom stereocenters. The van der Waals surface area contributed by atoms with Crippen molar-refractivity contribution >= 4 is 50.7 Å². The van der Waals surface area contributed by atoms with E-state index in [-0.39, 0.29) is 23.8 Å². The fraction of sp³-hybridized carbons (Fsp3) is 0.257. The molecular weight excluding hydrogens is 629 g/mol. The van der Waals surface area contributed by atoms with Crippen molar-refractivity contribution in [3.63, 3.8) is 0 Å². The minimum Gasteiger partial charge on any atom is -0.354 e. The number of sulfonamides is 1. The molecule has 0 aromatic heterocycles. The van der Waals surface area contributed by atoms with Gasteiger partial charge in [-0.2, -0.15) is 0 Å². The lowest BCUT2D eigenvalue weighted by Gasteiger charge is -2.34. The average molecular weight is 667 g/mol. The zero-order chi connectivity index (χ0) is 32.4. The van der Waals surface area contributed by atoms with Gasteiger partial charge in [-0.25, -0.2) is 8.42 Å². The smallest absolute Gasteiger partial charge is 0.264 e. The first-order valence-corrected chi connectivity index (χ1v) is 17.0. The highest BCUT2D eigenvalue weighted by Gasteiger charge is 2.34. The van der Waals surface area contributed by atoms with Crippen LogP contribution in [-0.4, -0.2) is 44.3 Å². The number of hydrogen-bond acceptors (Lipinski definition) is 4. The monoisotopic (exact) mass is 665 g/mol. The Morgan fingerprint density at radius 2 is 1.47 bits per heavy atom. The topological polar surface area (TPSA) is 86.8 Å². The third-order valence-electron chi connectivity index (χ3n) is 7.34. The van der Waals surface area contributed by atoms with Crippen molar-refractivity contribution in [1.29, 1.82) is 0 Å². The number of rotatable bonds is 14. The highest BCUT2D eigenvalue weighted by atomic mass is 35.5. The predicted octanol–water partition coefficient (Wildman–Crippen LogP) is 7.05. The van der Waals surface area contributed by atoms with Crippen molar-refractivity contribution < 1.29 is 18.0 Å². The van der Waals surface area contributed by atoms with Crippen LogP contribution in [0.3, 0.4) is 0 Å². The number of carbonyl (C=O) groups excluding carboxylic acids is 2. The SMILES string of the molecule is CCCCNC(=O)[C@@H](Cc1ccccc1)N(Cc1ccc(Cl)cc1)C(=O)CN(c1cccc(C)c1)S(=O)(=O)c1ccc(Cl)cc1. The van der Waals surface area contributed by atoms with Crippen LogP contribution in [-0.2, 0) is 32.6 Å². The summed E-state index contributed by atoms with van der Waals surface area (Å²) in [6.07, 6.45) is 1.92. The van der Waals surface area contributed by atoms with Gasteiger partial charge < -0.3 is 10.2 Å². The second-order valence-corrected chi connectivity index (χ2v) is 13.5. The van der Waals surface area contributed by atoms with Crippen molar-refractivity contribution in [3.05, 3.63) is 130 Å². The summed E-state index contributed by atoms with van der Waals surface area (Å²) in [5.41, 5.74) is 2.77. The quantitative estimate of drug-likeness (QED) is 0.146. The van der Waals surface area contributed by atoms with Crippen LogP contribution in [0.1, 0.15) is 36.5 Å². The first kappa shape index (κ1) is 34.0. The molecule has 4 aromatic rings. The van der Waals surface area contributed by atoms with E-state index in [9.17, 15) is 18.0 Å². The maximum absolute atomic E-state index is 14.5. The van der Waals surface area contributed by atoms with Gasteiger partial charge in [-0.3, -0.25) is 13.9 Å². The fourth-order valence-electron chi connectivity index (χ4n) is 4.89. The molecule has 0 aliphatic carbocycles. The minimum atomic E-state index is -4.21. The van der Waals surface area contributed by atoms with Gasteiger partial charge >= 0.3 is 0 Å². The summed E-state index contributed by atoms with van der Waals surface area (Å²) in [7, 11) is -4.21. The molecule has 236 valence electrons. The highest BCUT2D eigenvalue weighted by Crippen LogP contribution is 2.27. The first-order valence-electron chi connectivity index (χ1n) is 14.8. The Bertz CT molecular complexity index is 1680. The molecule has 0 saturated heterocycles. The van der Waals surface area contributed by atoms with Crippen molar-refractivity contribution in [2.45, 2.75) is 50.6 Å². The van der Waals surface area contributed by atoms with Crippen LogP contribution >= 0.6 is 23.2 Å². The number of anilines is 1. The number of halogens is 2. The lowest BCUT2D eigenvalue weighted by atomic mass is 10.0. The van der Waals surface area contributed by atoms with E-state index in [1.54, 1.807) is 42.5 Å². The van der Waals surface area contributed by atoms with Gasteiger partial charge in [-0.05, 0) is 78.6 Å². The van der Waals surface area contributed by atoms with Crippen LogP contribution in [0.2, 0.25) is 10.0 Å². The van der Waals surface area contributed by atoms with E-state index in [0.29, 0.717) is 22.3 Å². The molecule has 45 heavy (non-hydrogen) atoms. The third-order valence-corrected chi connectivity index (χ3v) is 9.63. The molecule has 10 heteroatoms. The summed E-state index contributed by atoms with van der Waals surface area (Å²) in [5, 5.41) is 3.91. The van der Waals surface area contributed by atoms with Crippen LogP contribution in [0.25, 0.3) is 0 Å². The summed E-state index contributed by atoms with van der Waals surface area (Å²) in [6, 6.07) is 28.3. The van der Waals surface area contributed by atoms with Gasteiger partial charge in [0.15, 0.2) is 0 Å². The summed E-state index contributed by atoms with van der Waals surface area (Å²) >= 11 is 12.2. The van der Waals surface area contributed by atoms with Crippen LogP contribution in [0.15, 0.2) is 108 Å². The lowest BCUT2D eigenvalue weighted by Crippen LogP contribution is -2.53. The zero-order valence-electron chi connectivity index (χ0n) is 25.3. The predicted molar refractivity (Wildman–Crippen MR) is 181 cm³/mol. The molecule has 4 aromatic carbocycles. The molecule has 1 N–H and O–H groups in total. The number of benzene rings is 4. The van der Waals surface area contributed by atoms with Crippen molar-refractivity contribution in [1.82, 2.24) is 10.2 Å². The molecule has 0 spiro atoms. The minimum absolute atomic E-state index is 0.0106. The Balaban J connectivity index is 1.78. The number of aryl methyl sites for hydroxylation is 1. The summed E-state index contributed by atoms with van der Waals surface area (Å²) in [5.74, 6) is -0.840. The molecule has 0 bridgehead atoms. The molecule has 0 radical (unpaired) electrons. The number of hydrogen-bond donors (Lipinski definition) is 1. The maximum Gasteiger partial charge on any atom is 0.264 e. The van der Waals surface area contributed by atoms with E-state index < -0.39 is 28.5 Å². The highest BCUT2D eigenvalue weighted by molar-refractivity contribution is 7.92. The van der Waals surface area contributed by atoms with Gasteiger partial charge in [0.05, 0.1) is 10.6 Å². The molecule has 0 aliphatic heterocycles. The van der Waals surface area contributed by atoms with Gasteiger partial charge in [0.1, 0.15) is 12.6 Å². The number of unbranched alkanes of at least 4 members (excludes halogenated alkanes) is 1. The van der Waals surface area contributed by atoms with Crippen molar-refractivity contribution in [2.75, 3.05) is 17.4 Å². The van der Waals surface area contributed by atoms with Gasteiger partial charge in [0.25, 0.3) is 10.0 Å². The Hall–Kier alpha value is -3.85. The normalized spacial score (nSPS) is 11.9. The van der Waals surface area contributed by atoms with Crippen molar-refractivity contribution in [2.24, 2.45) is 0 Å². The second-order valence-electron chi connectivity index (χ2n) is 10.8. The molecule has 0 heterocycles. The Morgan fingerprint density at radius 1 is 0.822 bits per heavy atom. The molecule has 0 aliphatic rings. The van der Waals surface area contributed by atoms with Crippen LogP contribution in [0.5, 0.6) is 0 Å². The summed E-state index contributed by atoms with van der Waals surface area (Å²) in [6.45, 7) is 3.88. The van der Waals surface area contributed by atoms with Crippen LogP contribution < -0.4 is 9.62 Å². The molecule has 0 fully saturated rings. The first-order chi connectivity index (χ1) is 21.6. The summed E-state index contributed by atoms with van der Waals surface area (Å²) < 4.78 is 29.3. The van der Waals surface area contributed by atoms with E-state index >= 15 is 0 Å². The zero-order valence-corrected chi connectivity index (χ0v) is 27.7. The van der Waals surface area contributed by atoms with E-state index in [0.717, 1.165) is 33.8 Å². The Morgan fingerprint density at radius 3 is 2.09 bits per heavy atom. The van der Waals surface area contributed by atoms with Gasteiger partial charge in [0, 0.05) is 29.6 Å². The maximum atomic E-state index is 14.5. The van der Waals surface area contributed by atoms with Crippen LogP contribution in [0, 0.1) is 6.92 Å². The fourth-order valence-corrected chi connectivity index (χ4v) is 6.55. The van der Waals surface area contributed by atoms with Crippen LogP contribution in [0.4, 0.5) is 5.69 Å². The molecule has 0 unspecified atom stereocenters. The second kappa shape index (κ2) is 15.9. The lowest BCUT2D eigenvalue weighted by molar-refractivity contribution is -0.140. The molecule has 7 nitrogen and oxygen atoms in total. The average Bonchev–Trinajstić information content (AvgIpc) is 3.03. The molecule has 2 amide bonds. The Kier molecular flexibility index (Phi) is 12.0. The van der Waals surface area contributed by atoms with E-state index in [1.807, 2.05) is 50.2 Å². The number of nitrogens with zero attached hydrogens (tertiary/aromatic N) is 2. The van der Waals surface area contributed by atoms with Gasteiger partial charge in [-0.1, -0.05) is 91.1 Å². The molecule has 0 saturated carbocycles. The standard InChI is InChI=1S/C35H37Cl2N3O4S/c1-3-4-21-38-35(42)33(23-27-10-6-5-7-11-27)39(24-28-13-15-29(36)16-14-28)34(41)25-40(31-12-8-9-26(2)22-31)45(43,44)32-19-17-30(37)18-20-32/h5-20,22,33H,3-4,21,23-25H2,1-2H3,(H,38,42)/t33-/m1/s1. The van der Waals surface area contributed by atoms with Gasteiger partial charge in [-0.15, -0.1) is 0 Å². The van der Waals surface area contributed by atoms with E-state index in [4.69, 9.17) is 23.2 Å². The number of amides is 2. The van der Waals surface area contributed by atoms with E-state index in [2.05, 4.69) is 5.32 Å². The largest absolute Gasteiger partial charge is 0.354 e. The molecule has 4 rings (SSSR count). The van der Waals surface area contributed by atoms with Gasteiger partial charge in [0.2, 0.25) is 11.8 Å². The third kappa shape index (κ3) is 9.33.